The fraction of sp³-hybridized carbons (Fsp3) is 0.438. The molecule has 3 nitrogen and oxygen atoms in total. The van der Waals surface area contributed by atoms with Crippen LogP contribution in [0.1, 0.15) is 44.3 Å². The van der Waals surface area contributed by atoms with Crippen LogP contribution in [0.25, 0.3) is 11.3 Å². The average Bonchev–Trinajstić information content (AvgIpc) is 3.21. The molecule has 3 rings (SSSR count). The van der Waals surface area contributed by atoms with E-state index in [-0.39, 0.29) is 5.82 Å². The van der Waals surface area contributed by atoms with Crippen molar-refractivity contribution in [2.45, 2.75) is 45.1 Å². The van der Waals surface area contributed by atoms with Crippen LogP contribution in [-0.2, 0) is 6.54 Å². The van der Waals surface area contributed by atoms with Gasteiger partial charge in [0.05, 0.1) is 0 Å². The van der Waals surface area contributed by atoms with Crippen molar-refractivity contribution in [3.05, 3.63) is 34.9 Å². The summed E-state index contributed by atoms with van der Waals surface area (Å²) >= 11 is 5.94. The summed E-state index contributed by atoms with van der Waals surface area (Å²) in [7, 11) is 0. The maximum atomic E-state index is 13.6. The van der Waals surface area contributed by atoms with Gasteiger partial charge in [-0.2, -0.15) is 0 Å². The van der Waals surface area contributed by atoms with Gasteiger partial charge in [0.25, 0.3) is 0 Å². The van der Waals surface area contributed by atoms with Crippen molar-refractivity contribution in [1.82, 2.24) is 9.55 Å². The van der Waals surface area contributed by atoms with E-state index in [9.17, 15) is 4.39 Å². The number of nitrogens with two attached hydrogens (primary N) is 1. The predicted octanol–water partition coefficient (Wildman–Crippen LogP) is 4.60. The number of nitrogens with zero attached hydrogens (tertiary/aromatic N) is 2. The lowest BCUT2D eigenvalue weighted by Gasteiger charge is -2.08. The van der Waals surface area contributed by atoms with E-state index in [1.165, 1.54) is 12.1 Å². The first-order valence-electron chi connectivity index (χ1n) is 7.42. The van der Waals surface area contributed by atoms with Gasteiger partial charge >= 0.3 is 0 Å². The topological polar surface area (TPSA) is 43.8 Å². The lowest BCUT2D eigenvalue weighted by atomic mass is 10.1. The minimum absolute atomic E-state index is 0.362. The highest BCUT2D eigenvalue weighted by Crippen LogP contribution is 2.42. The Morgan fingerprint density at radius 1 is 1.38 bits per heavy atom. The highest BCUT2D eigenvalue weighted by Gasteiger charge is 2.31. The second-order valence-electron chi connectivity index (χ2n) is 5.64. The average molecular weight is 308 g/mol. The highest BCUT2D eigenvalue weighted by atomic mass is 35.5. The second-order valence-corrected chi connectivity index (χ2v) is 6.08. The zero-order valence-electron chi connectivity index (χ0n) is 12.1. The summed E-state index contributed by atoms with van der Waals surface area (Å²) < 4.78 is 15.7. The number of hydrogen-bond donors (Lipinski definition) is 1. The lowest BCUT2D eigenvalue weighted by molar-refractivity contribution is 0.609. The molecular formula is C16H19ClFN3. The van der Waals surface area contributed by atoms with E-state index in [1.807, 2.05) is 0 Å². The molecule has 2 aromatic rings. The van der Waals surface area contributed by atoms with Crippen LogP contribution in [0.5, 0.6) is 0 Å². The zero-order valence-corrected chi connectivity index (χ0v) is 12.8. The third-order valence-corrected chi connectivity index (χ3v) is 4.07. The van der Waals surface area contributed by atoms with Gasteiger partial charge in [-0.15, -0.1) is 0 Å². The van der Waals surface area contributed by atoms with Gasteiger partial charge in [-0.1, -0.05) is 24.9 Å². The van der Waals surface area contributed by atoms with Gasteiger partial charge in [0, 0.05) is 23.0 Å². The zero-order chi connectivity index (χ0) is 15.0. The molecule has 0 unspecified atom stereocenters. The molecule has 21 heavy (non-hydrogen) atoms. The van der Waals surface area contributed by atoms with Crippen LogP contribution < -0.4 is 5.73 Å². The Balaban J connectivity index is 2.05. The third kappa shape index (κ3) is 2.91. The Hall–Kier alpha value is -1.55. The summed E-state index contributed by atoms with van der Waals surface area (Å²) in [5.41, 5.74) is 7.57. The number of anilines is 1. The van der Waals surface area contributed by atoms with E-state index in [0.29, 0.717) is 28.0 Å². The molecule has 0 radical (unpaired) electrons. The van der Waals surface area contributed by atoms with Crippen molar-refractivity contribution < 1.29 is 4.39 Å². The summed E-state index contributed by atoms with van der Waals surface area (Å²) in [6, 6.07) is 4.44. The molecule has 1 saturated carbocycles. The van der Waals surface area contributed by atoms with Crippen LogP contribution in [0.15, 0.2) is 18.2 Å². The van der Waals surface area contributed by atoms with Crippen molar-refractivity contribution in [2.75, 3.05) is 5.73 Å². The molecule has 0 amide bonds. The molecule has 0 spiro atoms. The predicted molar refractivity (Wildman–Crippen MR) is 83.9 cm³/mol. The number of rotatable bonds is 5. The van der Waals surface area contributed by atoms with Crippen LogP contribution in [0.4, 0.5) is 10.2 Å². The molecular weight excluding hydrogens is 289 g/mol. The van der Waals surface area contributed by atoms with E-state index < -0.39 is 0 Å². The van der Waals surface area contributed by atoms with Gasteiger partial charge in [0.15, 0.2) is 0 Å². The molecule has 1 aliphatic rings. The van der Waals surface area contributed by atoms with E-state index in [1.54, 1.807) is 6.07 Å². The van der Waals surface area contributed by atoms with Gasteiger partial charge in [-0.25, -0.2) is 9.37 Å². The molecule has 1 aromatic heterocycles. The number of aromatic nitrogens is 2. The Kier molecular flexibility index (Phi) is 3.89. The van der Waals surface area contributed by atoms with Gasteiger partial charge < -0.3 is 10.3 Å². The largest absolute Gasteiger partial charge is 0.383 e. The maximum absolute atomic E-state index is 13.6. The standard InChI is InChI=1S/C16H19ClFN3/c1-2-3-6-21-15(19)14(20-16(21)10-4-5-10)11-7-12(17)9-13(18)8-11/h7-10H,2-6,19H2,1H3. The van der Waals surface area contributed by atoms with Crippen molar-refractivity contribution in [1.29, 1.82) is 0 Å². The number of imidazole rings is 1. The van der Waals surface area contributed by atoms with Crippen LogP contribution in [0.3, 0.4) is 0 Å². The SMILES string of the molecule is CCCCn1c(C2CC2)nc(-c2cc(F)cc(Cl)c2)c1N. The fourth-order valence-corrected chi connectivity index (χ4v) is 2.81. The highest BCUT2D eigenvalue weighted by molar-refractivity contribution is 6.30. The molecule has 0 saturated heterocycles. The number of halogens is 2. The molecule has 5 heteroatoms. The van der Waals surface area contributed by atoms with E-state index >= 15 is 0 Å². The number of hydrogen-bond acceptors (Lipinski definition) is 2. The molecule has 1 heterocycles. The van der Waals surface area contributed by atoms with Crippen LogP contribution >= 0.6 is 11.6 Å². The Morgan fingerprint density at radius 3 is 2.76 bits per heavy atom. The van der Waals surface area contributed by atoms with Gasteiger partial charge in [-0.05, 0) is 37.5 Å². The second kappa shape index (κ2) is 5.68. The third-order valence-electron chi connectivity index (χ3n) is 3.85. The quantitative estimate of drug-likeness (QED) is 0.877. The molecule has 1 aliphatic carbocycles. The van der Waals surface area contributed by atoms with Crippen molar-refractivity contribution in [2.24, 2.45) is 0 Å². The molecule has 0 bridgehead atoms. The Bertz CT molecular complexity index is 642. The summed E-state index contributed by atoms with van der Waals surface area (Å²) in [6.45, 7) is 3.02. The monoisotopic (exact) mass is 307 g/mol. The lowest BCUT2D eigenvalue weighted by Crippen LogP contribution is -2.06. The molecule has 112 valence electrons. The summed E-state index contributed by atoms with van der Waals surface area (Å²) in [5, 5.41) is 0.362. The first-order chi connectivity index (χ1) is 10.1. The number of nitrogen functional groups attached to an aromatic ring is 1. The summed E-state index contributed by atoms with van der Waals surface area (Å²) in [5.74, 6) is 1.79. The minimum Gasteiger partial charge on any atom is -0.383 e. The van der Waals surface area contributed by atoms with E-state index in [4.69, 9.17) is 17.3 Å². The smallest absolute Gasteiger partial charge is 0.131 e. The Morgan fingerprint density at radius 2 is 2.14 bits per heavy atom. The normalized spacial score (nSPS) is 14.6. The van der Waals surface area contributed by atoms with Crippen LogP contribution in [0.2, 0.25) is 5.02 Å². The van der Waals surface area contributed by atoms with E-state index in [0.717, 1.165) is 38.1 Å². The van der Waals surface area contributed by atoms with Crippen molar-refractivity contribution >= 4 is 17.4 Å². The molecule has 1 fully saturated rings. The Labute approximate surface area is 128 Å². The summed E-state index contributed by atoms with van der Waals surface area (Å²) in [6.07, 6.45) is 4.48. The van der Waals surface area contributed by atoms with E-state index in [2.05, 4.69) is 16.5 Å². The molecule has 1 aromatic carbocycles. The molecule has 2 N–H and O–H groups in total. The number of unbranched alkanes of at least 4 members (excludes halogenated alkanes) is 1. The summed E-state index contributed by atoms with van der Waals surface area (Å²) in [4.78, 5) is 4.69. The minimum atomic E-state index is -0.368. The van der Waals surface area contributed by atoms with Gasteiger partial charge in [0.2, 0.25) is 0 Å². The molecule has 0 atom stereocenters. The fourth-order valence-electron chi connectivity index (χ4n) is 2.59. The van der Waals surface area contributed by atoms with Gasteiger partial charge in [0.1, 0.15) is 23.2 Å². The van der Waals surface area contributed by atoms with Gasteiger partial charge in [-0.3, -0.25) is 0 Å². The van der Waals surface area contributed by atoms with Crippen LogP contribution in [0, 0.1) is 5.82 Å². The number of benzene rings is 1. The molecule has 0 aliphatic heterocycles. The first kappa shape index (κ1) is 14.4. The van der Waals surface area contributed by atoms with Crippen molar-refractivity contribution in [3.8, 4) is 11.3 Å². The first-order valence-corrected chi connectivity index (χ1v) is 7.80. The maximum Gasteiger partial charge on any atom is 0.131 e. The van der Waals surface area contributed by atoms with Crippen LogP contribution in [-0.4, -0.2) is 9.55 Å². The van der Waals surface area contributed by atoms with Crippen molar-refractivity contribution in [3.63, 3.8) is 0 Å².